The Hall–Kier alpha value is 0.260. The second kappa shape index (κ2) is 6.11. The molecule has 0 saturated carbocycles. The Kier molecular flexibility index (Phi) is 5.43. The third kappa shape index (κ3) is 5.22. The maximum atomic E-state index is 9.89. The minimum Gasteiger partial charge on any atom is -0.388 e. The Bertz CT molecular complexity index is 301. The van der Waals surface area contributed by atoms with Crippen LogP contribution in [-0.4, -0.2) is 29.3 Å². The lowest BCUT2D eigenvalue weighted by Gasteiger charge is -2.22. The number of rotatable bonds is 6. The molecule has 1 unspecified atom stereocenters. The van der Waals surface area contributed by atoms with E-state index in [0.29, 0.717) is 6.54 Å². The van der Waals surface area contributed by atoms with Gasteiger partial charge < -0.3 is 10.4 Å². The first-order valence-electron chi connectivity index (χ1n) is 4.70. The van der Waals surface area contributed by atoms with Crippen LogP contribution in [0.5, 0.6) is 0 Å². The van der Waals surface area contributed by atoms with Gasteiger partial charge in [0.1, 0.15) is 0 Å². The van der Waals surface area contributed by atoms with E-state index in [9.17, 15) is 5.11 Å². The van der Waals surface area contributed by atoms with Gasteiger partial charge in [-0.05, 0) is 25.3 Å². The van der Waals surface area contributed by atoms with Gasteiger partial charge >= 0.3 is 0 Å². The predicted molar refractivity (Wildman–Crippen MR) is 70.0 cm³/mol. The average molecular weight is 266 g/mol. The quantitative estimate of drug-likeness (QED) is 0.829. The van der Waals surface area contributed by atoms with Crippen molar-refractivity contribution in [3.8, 4) is 0 Å². The van der Waals surface area contributed by atoms with Gasteiger partial charge in [0, 0.05) is 23.7 Å². The van der Waals surface area contributed by atoms with E-state index in [-0.39, 0.29) is 0 Å². The lowest BCUT2D eigenvalue weighted by Crippen LogP contribution is -2.39. The van der Waals surface area contributed by atoms with Crippen molar-refractivity contribution < 1.29 is 5.11 Å². The SMILES string of the molecule is CSCC(C)(O)CNCc1ccc(Cl)s1. The van der Waals surface area contributed by atoms with Gasteiger partial charge in [-0.1, -0.05) is 11.6 Å². The van der Waals surface area contributed by atoms with Crippen LogP contribution in [0.25, 0.3) is 0 Å². The van der Waals surface area contributed by atoms with Gasteiger partial charge in [-0.2, -0.15) is 11.8 Å². The molecular formula is C10H16ClNOS2. The number of halogens is 1. The van der Waals surface area contributed by atoms with Crippen LogP contribution >= 0.6 is 34.7 Å². The van der Waals surface area contributed by atoms with E-state index in [0.717, 1.165) is 16.6 Å². The van der Waals surface area contributed by atoms with E-state index in [2.05, 4.69) is 5.32 Å². The minimum atomic E-state index is -0.638. The summed E-state index contributed by atoms with van der Waals surface area (Å²) in [6, 6.07) is 3.90. The third-order valence-corrected chi connectivity index (χ3v) is 4.03. The van der Waals surface area contributed by atoms with Gasteiger partial charge in [0.25, 0.3) is 0 Å². The lowest BCUT2D eigenvalue weighted by atomic mass is 10.1. The molecule has 0 aliphatic rings. The van der Waals surface area contributed by atoms with Crippen LogP contribution in [0.15, 0.2) is 12.1 Å². The number of thioether (sulfide) groups is 1. The number of hydrogen-bond acceptors (Lipinski definition) is 4. The minimum absolute atomic E-state index is 0.601. The highest BCUT2D eigenvalue weighted by Crippen LogP contribution is 2.21. The highest BCUT2D eigenvalue weighted by Gasteiger charge is 2.18. The molecule has 0 fully saturated rings. The Labute approximate surface area is 104 Å². The van der Waals surface area contributed by atoms with E-state index in [1.54, 1.807) is 23.1 Å². The molecular weight excluding hydrogens is 250 g/mol. The molecule has 0 aliphatic heterocycles. The van der Waals surface area contributed by atoms with Gasteiger partial charge in [0.2, 0.25) is 0 Å². The Morgan fingerprint density at radius 3 is 2.87 bits per heavy atom. The summed E-state index contributed by atoms with van der Waals surface area (Å²) in [4.78, 5) is 1.19. The van der Waals surface area contributed by atoms with Crippen LogP contribution in [0.4, 0.5) is 0 Å². The van der Waals surface area contributed by atoms with E-state index >= 15 is 0 Å². The third-order valence-electron chi connectivity index (χ3n) is 1.89. The van der Waals surface area contributed by atoms with Gasteiger partial charge in [-0.15, -0.1) is 11.3 Å². The largest absolute Gasteiger partial charge is 0.388 e. The zero-order chi connectivity index (χ0) is 11.3. The maximum absolute atomic E-state index is 9.89. The second-order valence-electron chi connectivity index (χ2n) is 3.74. The zero-order valence-electron chi connectivity index (χ0n) is 8.92. The molecule has 0 aromatic carbocycles. The summed E-state index contributed by atoms with van der Waals surface area (Å²) in [6.07, 6.45) is 1.99. The molecule has 5 heteroatoms. The zero-order valence-corrected chi connectivity index (χ0v) is 11.3. The van der Waals surface area contributed by atoms with Crippen LogP contribution in [-0.2, 0) is 6.54 Å². The standard InChI is InChI=1S/C10H16ClNOS2/c1-10(13,7-14-2)6-12-5-8-3-4-9(11)15-8/h3-4,12-13H,5-7H2,1-2H3. The van der Waals surface area contributed by atoms with Crippen molar-refractivity contribution in [2.45, 2.75) is 19.1 Å². The van der Waals surface area contributed by atoms with Gasteiger partial charge in [-0.3, -0.25) is 0 Å². The Morgan fingerprint density at radius 1 is 1.60 bits per heavy atom. The van der Waals surface area contributed by atoms with E-state index < -0.39 is 5.60 Å². The molecule has 2 N–H and O–H groups in total. The van der Waals surface area contributed by atoms with Crippen molar-refractivity contribution in [2.75, 3.05) is 18.6 Å². The van der Waals surface area contributed by atoms with Crippen LogP contribution in [0, 0.1) is 0 Å². The summed E-state index contributed by atoms with van der Waals surface area (Å²) in [7, 11) is 0. The molecule has 0 aliphatic carbocycles. The normalized spacial score (nSPS) is 15.2. The monoisotopic (exact) mass is 265 g/mol. The molecule has 1 heterocycles. The summed E-state index contributed by atoms with van der Waals surface area (Å²) in [5, 5.41) is 13.1. The maximum Gasteiger partial charge on any atom is 0.0931 e. The highest BCUT2D eigenvalue weighted by molar-refractivity contribution is 7.98. The molecule has 0 radical (unpaired) electrons. The average Bonchev–Trinajstić information content (AvgIpc) is 2.51. The van der Waals surface area contributed by atoms with Gasteiger partial charge in [-0.25, -0.2) is 0 Å². The molecule has 0 saturated heterocycles. The number of thiophene rings is 1. The van der Waals surface area contributed by atoms with Crippen molar-refractivity contribution in [3.63, 3.8) is 0 Å². The van der Waals surface area contributed by atoms with Crippen molar-refractivity contribution in [3.05, 3.63) is 21.3 Å². The fraction of sp³-hybridized carbons (Fsp3) is 0.600. The molecule has 0 amide bonds. The van der Waals surface area contributed by atoms with E-state index in [4.69, 9.17) is 11.6 Å². The fourth-order valence-electron chi connectivity index (χ4n) is 1.26. The van der Waals surface area contributed by atoms with Crippen LogP contribution in [0.1, 0.15) is 11.8 Å². The van der Waals surface area contributed by atoms with E-state index in [1.165, 1.54) is 4.88 Å². The molecule has 1 aromatic rings. The molecule has 1 atom stereocenters. The molecule has 86 valence electrons. The number of aliphatic hydroxyl groups is 1. The summed E-state index contributed by atoms with van der Waals surface area (Å²) in [6.45, 7) is 3.21. The summed E-state index contributed by atoms with van der Waals surface area (Å²) >= 11 is 9.04. The lowest BCUT2D eigenvalue weighted by molar-refractivity contribution is 0.0846. The topological polar surface area (TPSA) is 32.3 Å². The Balaban J connectivity index is 2.27. The summed E-state index contributed by atoms with van der Waals surface area (Å²) < 4.78 is 0.808. The van der Waals surface area contributed by atoms with Crippen molar-refractivity contribution in [1.29, 1.82) is 0 Å². The summed E-state index contributed by atoms with van der Waals surface area (Å²) in [5.74, 6) is 0.741. The first-order valence-corrected chi connectivity index (χ1v) is 7.28. The molecule has 0 bridgehead atoms. The first kappa shape index (κ1) is 13.3. The van der Waals surface area contributed by atoms with Crippen LogP contribution < -0.4 is 5.32 Å². The molecule has 15 heavy (non-hydrogen) atoms. The molecule has 0 spiro atoms. The van der Waals surface area contributed by atoms with Crippen molar-refractivity contribution in [2.24, 2.45) is 0 Å². The fourth-order valence-corrected chi connectivity index (χ4v) is 3.04. The first-order chi connectivity index (χ1) is 7.03. The Morgan fingerprint density at radius 2 is 2.33 bits per heavy atom. The smallest absolute Gasteiger partial charge is 0.0931 e. The van der Waals surface area contributed by atoms with Crippen LogP contribution in [0.2, 0.25) is 4.34 Å². The van der Waals surface area contributed by atoms with E-state index in [1.807, 2.05) is 25.3 Å². The van der Waals surface area contributed by atoms with Gasteiger partial charge in [0.15, 0.2) is 0 Å². The number of nitrogens with one attached hydrogen (secondary N) is 1. The van der Waals surface area contributed by atoms with Crippen molar-refractivity contribution in [1.82, 2.24) is 5.32 Å². The number of hydrogen-bond donors (Lipinski definition) is 2. The molecule has 2 nitrogen and oxygen atoms in total. The van der Waals surface area contributed by atoms with Crippen molar-refractivity contribution >= 4 is 34.7 Å². The molecule has 1 rings (SSSR count). The highest BCUT2D eigenvalue weighted by atomic mass is 35.5. The second-order valence-corrected chi connectivity index (χ2v) is 6.40. The van der Waals surface area contributed by atoms with Gasteiger partial charge in [0.05, 0.1) is 9.94 Å². The molecule has 1 aromatic heterocycles. The summed E-state index contributed by atoms with van der Waals surface area (Å²) in [5.41, 5.74) is -0.638. The van der Waals surface area contributed by atoms with Crippen LogP contribution in [0.3, 0.4) is 0 Å². The predicted octanol–water partition coefficient (Wildman–Crippen LogP) is 2.61.